The summed E-state index contributed by atoms with van der Waals surface area (Å²) >= 11 is 0. The second-order valence-electron chi connectivity index (χ2n) is 4.40. The van der Waals surface area contributed by atoms with Crippen LogP contribution in [0.5, 0.6) is 0 Å². The van der Waals surface area contributed by atoms with Crippen LogP contribution in [0.2, 0.25) is 0 Å². The van der Waals surface area contributed by atoms with Crippen LogP contribution in [0.25, 0.3) is 0 Å². The number of hydrogen-bond acceptors (Lipinski definition) is 2. The zero-order valence-corrected chi connectivity index (χ0v) is 10.5. The molecule has 0 heterocycles. The Morgan fingerprint density at radius 1 is 1.19 bits per heavy atom. The first kappa shape index (κ1) is 12.8. The number of ether oxygens (including phenoxy) is 1. The molecule has 1 aromatic carbocycles. The number of hydrogen-bond donors (Lipinski definition) is 0. The average Bonchev–Trinajstić information content (AvgIpc) is 2.28. The Hall–Kier alpha value is -1.31. The van der Waals surface area contributed by atoms with Gasteiger partial charge in [-0.25, -0.2) is 4.79 Å². The van der Waals surface area contributed by atoms with Crippen LogP contribution in [-0.4, -0.2) is 12.1 Å². The zero-order valence-electron chi connectivity index (χ0n) is 10.5. The number of carbonyl (C=O) groups is 1. The standard InChI is InChI=1S/C14H20O2/c1-5-11(4)16-14(15)13-8-6-12(7-9-13)10(2)3/h6-11H,5H2,1-4H3/t11-/m1/s1. The number of rotatable bonds is 4. The van der Waals surface area contributed by atoms with Gasteiger partial charge in [0.1, 0.15) is 0 Å². The molecule has 2 nitrogen and oxygen atoms in total. The molecule has 2 heteroatoms. The summed E-state index contributed by atoms with van der Waals surface area (Å²) in [5.41, 5.74) is 1.87. The molecule has 0 unspecified atom stereocenters. The third kappa shape index (κ3) is 3.37. The van der Waals surface area contributed by atoms with Gasteiger partial charge in [-0.3, -0.25) is 0 Å². The lowest BCUT2D eigenvalue weighted by molar-refractivity contribution is 0.0334. The van der Waals surface area contributed by atoms with Gasteiger partial charge in [-0.2, -0.15) is 0 Å². The summed E-state index contributed by atoms with van der Waals surface area (Å²) in [6, 6.07) is 7.63. The average molecular weight is 220 g/mol. The van der Waals surface area contributed by atoms with E-state index >= 15 is 0 Å². The molecule has 88 valence electrons. The molecule has 0 radical (unpaired) electrons. The quantitative estimate of drug-likeness (QED) is 0.722. The van der Waals surface area contributed by atoms with Gasteiger partial charge < -0.3 is 4.74 Å². The Bertz CT molecular complexity index is 338. The van der Waals surface area contributed by atoms with Crippen molar-refractivity contribution in [1.82, 2.24) is 0 Å². The normalized spacial score (nSPS) is 12.6. The van der Waals surface area contributed by atoms with Crippen molar-refractivity contribution in [2.45, 2.75) is 46.1 Å². The van der Waals surface area contributed by atoms with E-state index in [1.54, 1.807) is 0 Å². The fraction of sp³-hybridized carbons (Fsp3) is 0.500. The highest BCUT2D eigenvalue weighted by molar-refractivity contribution is 5.89. The molecule has 0 fully saturated rings. The number of benzene rings is 1. The number of carbonyl (C=O) groups excluding carboxylic acids is 1. The van der Waals surface area contributed by atoms with Crippen molar-refractivity contribution in [3.63, 3.8) is 0 Å². The molecular weight excluding hydrogens is 200 g/mol. The highest BCUT2D eigenvalue weighted by Gasteiger charge is 2.10. The molecule has 0 N–H and O–H groups in total. The van der Waals surface area contributed by atoms with Crippen molar-refractivity contribution < 1.29 is 9.53 Å². The molecule has 1 aromatic rings. The van der Waals surface area contributed by atoms with E-state index in [1.165, 1.54) is 5.56 Å². The molecular formula is C14H20O2. The predicted octanol–water partition coefficient (Wildman–Crippen LogP) is 3.77. The van der Waals surface area contributed by atoms with Crippen LogP contribution >= 0.6 is 0 Å². The summed E-state index contributed by atoms with van der Waals surface area (Å²) in [5.74, 6) is 0.254. The van der Waals surface area contributed by atoms with Gasteiger partial charge in [0.25, 0.3) is 0 Å². The minimum Gasteiger partial charge on any atom is -0.459 e. The Labute approximate surface area is 97.6 Å². The minimum absolute atomic E-state index is 0.0164. The highest BCUT2D eigenvalue weighted by atomic mass is 16.5. The van der Waals surface area contributed by atoms with E-state index < -0.39 is 0 Å². The summed E-state index contributed by atoms with van der Waals surface area (Å²) in [7, 11) is 0. The second kappa shape index (κ2) is 5.69. The Kier molecular flexibility index (Phi) is 4.53. The zero-order chi connectivity index (χ0) is 12.1. The molecule has 0 aliphatic carbocycles. The molecule has 0 aromatic heterocycles. The molecule has 0 saturated carbocycles. The molecule has 0 saturated heterocycles. The third-order valence-corrected chi connectivity index (χ3v) is 2.70. The van der Waals surface area contributed by atoms with Crippen molar-refractivity contribution in [2.75, 3.05) is 0 Å². The molecule has 0 amide bonds. The summed E-state index contributed by atoms with van der Waals surface area (Å²) < 4.78 is 5.25. The van der Waals surface area contributed by atoms with E-state index in [2.05, 4.69) is 13.8 Å². The van der Waals surface area contributed by atoms with Crippen LogP contribution in [0, 0.1) is 0 Å². The maximum atomic E-state index is 11.7. The van der Waals surface area contributed by atoms with Crippen LogP contribution in [0.1, 0.15) is 56.0 Å². The van der Waals surface area contributed by atoms with Gasteiger partial charge >= 0.3 is 5.97 Å². The SMILES string of the molecule is CC[C@@H](C)OC(=O)c1ccc(C(C)C)cc1. The largest absolute Gasteiger partial charge is 0.459 e. The van der Waals surface area contributed by atoms with Crippen molar-refractivity contribution in [1.29, 1.82) is 0 Å². The summed E-state index contributed by atoms with van der Waals surface area (Å²) in [4.78, 5) is 11.7. The lowest BCUT2D eigenvalue weighted by atomic mass is 10.0. The van der Waals surface area contributed by atoms with Gasteiger partial charge in [0.05, 0.1) is 11.7 Å². The highest BCUT2D eigenvalue weighted by Crippen LogP contribution is 2.15. The predicted molar refractivity (Wildman–Crippen MR) is 65.7 cm³/mol. The fourth-order valence-corrected chi connectivity index (χ4v) is 1.34. The van der Waals surface area contributed by atoms with Gasteiger partial charge in [0, 0.05) is 0 Å². The molecule has 16 heavy (non-hydrogen) atoms. The maximum Gasteiger partial charge on any atom is 0.338 e. The van der Waals surface area contributed by atoms with Gasteiger partial charge in [-0.15, -0.1) is 0 Å². The first-order valence-corrected chi connectivity index (χ1v) is 5.85. The molecule has 0 aliphatic heterocycles. The van der Waals surface area contributed by atoms with Crippen LogP contribution in [0.4, 0.5) is 0 Å². The monoisotopic (exact) mass is 220 g/mol. The van der Waals surface area contributed by atoms with Crippen molar-refractivity contribution in [3.05, 3.63) is 35.4 Å². The van der Waals surface area contributed by atoms with Crippen LogP contribution < -0.4 is 0 Å². The van der Waals surface area contributed by atoms with Crippen molar-refractivity contribution in [2.24, 2.45) is 0 Å². The lowest BCUT2D eigenvalue weighted by Gasteiger charge is -2.11. The van der Waals surface area contributed by atoms with E-state index in [0.717, 1.165) is 6.42 Å². The van der Waals surface area contributed by atoms with E-state index in [9.17, 15) is 4.79 Å². The topological polar surface area (TPSA) is 26.3 Å². The smallest absolute Gasteiger partial charge is 0.338 e. The van der Waals surface area contributed by atoms with Crippen LogP contribution in [0.15, 0.2) is 24.3 Å². The van der Waals surface area contributed by atoms with E-state index in [4.69, 9.17) is 4.74 Å². The van der Waals surface area contributed by atoms with Crippen LogP contribution in [0.3, 0.4) is 0 Å². The van der Waals surface area contributed by atoms with Gasteiger partial charge in [0.2, 0.25) is 0 Å². The first-order valence-electron chi connectivity index (χ1n) is 5.85. The fourth-order valence-electron chi connectivity index (χ4n) is 1.34. The first-order chi connectivity index (χ1) is 7.54. The summed E-state index contributed by atoms with van der Waals surface area (Å²) in [5, 5.41) is 0. The molecule has 0 aliphatic rings. The minimum atomic E-state index is -0.232. The van der Waals surface area contributed by atoms with E-state index in [0.29, 0.717) is 11.5 Å². The Morgan fingerprint density at radius 3 is 2.19 bits per heavy atom. The summed E-state index contributed by atoms with van der Waals surface area (Å²) in [6.45, 7) is 8.17. The van der Waals surface area contributed by atoms with Crippen molar-refractivity contribution >= 4 is 5.97 Å². The Morgan fingerprint density at radius 2 is 1.75 bits per heavy atom. The summed E-state index contributed by atoms with van der Waals surface area (Å²) in [6.07, 6.45) is 0.827. The molecule has 0 bridgehead atoms. The van der Waals surface area contributed by atoms with Gasteiger partial charge in [0.15, 0.2) is 0 Å². The maximum absolute atomic E-state index is 11.7. The third-order valence-electron chi connectivity index (χ3n) is 2.70. The lowest BCUT2D eigenvalue weighted by Crippen LogP contribution is -2.13. The van der Waals surface area contributed by atoms with E-state index in [1.807, 2.05) is 38.1 Å². The number of esters is 1. The van der Waals surface area contributed by atoms with Gasteiger partial charge in [-0.05, 0) is 37.0 Å². The second-order valence-corrected chi connectivity index (χ2v) is 4.40. The molecule has 1 atom stereocenters. The van der Waals surface area contributed by atoms with Crippen molar-refractivity contribution in [3.8, 4) is 0 Å². The van der Waals surface area contributed by atoms with E-state index in [-0.39, 0.29) is 12.1 Å². The van der Waals surface area contributed by atoms with Gasteiger partial charge in [-0.1, -0.05) is 32.9 Å². The molecule has 0 spiro atoms. The van der Waals surface area contributed by atoms with Crippen LogP contribution in [-0.2, 0) is 4.74 Å². The molecule has 1 rings (SSSR count). The Balaban J connectivity index is 2.70.